The molecule has 0 fully saturated rings. The summed E-state index contributed by atoms with van der Waals surface area (Å²) in [5.41, 5.74) is 3.51. The van der Waals surface area contributed by atoms with Crippen molar-refractivity contribution in [2.24, 2.45) is 0 Å². The molecule has 0 bridgehead atoms. The Kier molecular flexibility index (Phi) is 6.11. The van der Waals surface area contributed by atoms with E-state index in [2.05, 4.69) is 15.0 Å². The molecule has 0 saturated heterocycles. The molecule has 3 aromatic carbocycles. The molecule has 4 rings (SSSR count). The monoisotopic (exact) mass is 463 g/mol. The minimum atomic E-state index is -3.87. The number of fused-ring (bicyclic) bond motifs is 1. The van der Waals surface area contributed by atoms with Crippen LogP contribution < -0.4 is 14.8 Å². The van der Waals surface area contributed by atoms with E-state index in [0.717, 1.165) is 16.6 Å². The number of hydrogen-bond acceptors (Lipinski definition) is 4. The van der Waals surface area contributed by atoms with E-state index in [-0.39, 0.29) is 10.8 Å². The summed E-state index contributed by atoms with van der Waals surface area (Å²) in [6.45, 7) is 5.95. The van der Waals surface area contributed by atoms with Crippen LogP contribution >= 0.6 is 0 Å². The number of sulfonamides is 1. The van der Waals surface area contributed by atoms with Crippen LogP contribution in [0, 0.1) is 13.8 Å². The van der Waals surface area contributed by atoms with E-state index in [1.54, 1.807) is 43.3 Å². The molecule has 1 heterocycles. The van der Waals surface area contributed by atoms with Crippen LogP contribution in [0.2, 0.25) is 0 Å². The second-order valence-corrected chi connectivity index (χ2v) is 9.32. The van der Waals surface area contributed by atoms with E-state index < -0.39 is 10.0 Å². The summed E-state index contributed by atoms with van der Waals surface area (Å²) in [4.78, 5) is 16.3. The second-order valence-electron chi connectivity index (χ2n) is 7.67. The van der Waals surface area contributed by atoms with Gasteiger partial charge in [-0.1, -0.05) is 24.3 Å². The molecule has 1 amide bonds. The number of carbonyl (C=O) groups excluding carboxylic acids is 1. The second kappa shape index (κ2) is 8.99. The largest absolute Gasteiger partial charge is 0.494 e. The van der Waals surface area contributed by atoms with Crippen LogP contribution in [-0.4, -0.2) is 25.9 Å². The topological polar surface area (TPSA) is 100 Å². The molecule has 0 radical (unpaired) electrons. The zero-order chi connectivity index (χ0) is 23.6. The lowest BCUT2D eigenvalue weighted by Gasteiger charge is -2.13. The van der Waals surface area contributed by atoms with Crippen molar-refractivity contribution in [1.29, 1.82) is 0 Å². The summed E-state index contributed by atoms with van der Waals surface area (Å²) in [6, 6.07) is 19.1. The fourth-order valence-electron chi connectivity index (χ4n) is 3.73. The SMILES string of the molecule is CCOc1ccc(NS(=O)(=O)c2cc(NC(=O)c3c(C)[nH]c4ccccc34)ccc2C)cc1. The predicted molar refractivity (Wildman–Crippen MR) is 131 cm³/mol. The average molecular weight is 464 g/mol. The third-order valence-electron chi connectivity index (χ3n) is 5.27. The molecule has 170 valence electrons. The molecule has 0 aliphatic rings. The van der Waals surface area contributed by atoms with Gasteiger partial charge in [0.15, 0.2) is 0 Å². The summed E-state index contributed by atoms with van der Waals surface area (Å²) in [7, 11) is -3.87. The number of aromatic amines is 1. The number of anilines is 2. The molecule has 7 nitrogen and oxygen atoms in total. The Bertz CT molecular complexity index is 1420. The number of benzene rings is 3. The summed E-state index contributed by atoms with van der Waals surface area (Å²) < 4.78 is 34.1. The maximum Gasteiger partial charge on any atom is 0.262 e. The van der Waals surface area contributed by atoms with E-state index >= 15 is 0 Å². The lowest BCUT2D eigenvalue weighted by molar-refractivity contribution is 0.102. The molecule has 0 spiro atoms. The number of H-pyrrole nitrogens is 1. The van der Waals surface area contributed by atoms with Gasteiger partial charge in [-0.05, 0) is 68.8 Å². The Morgan fingerprint density at radius 1 is 0.970 bits per heavy atom. The van der Waals surface area contributed by atoms with Crippen molar-refractivity contribution in [3.63, 3.8) is 0 Å². The van der Waals surface area contributed by atoms with E-state index in [1.807, 2.05) is 38.1 Å². The van der Waals surface area contributed by atoms with Crippen molar-refractivity contribution in [2.45, 2.75) is 25.7 Å². The lowest BCUT2D eigenvalue weighted by Crippen LogP contribution is -2.16. The molecule has 0 aliphatic carbocycles. The van der Waals surface area contributed by atoms with Gasteiger partial charge in [0.1, 0.15) is 5.75 Å². The van der Waals surface area contributed by atoms with Crippen molar-refractivity contribution < 1.29 is 17.9 Å². The molecule has 0 aliphatic heterocycles. The van der Waals surface area contributed by atoms with E-state index in [4.69, 9.17) is 4.74 Å². The van der Waals surface area contributed by atoms with Gasteiger partial charge in [-0.3, -0.25) is 9.52 Å². The number of para-hydroxylation sites is 1. The number of hydrogen-bond donors (Lipinski definition) is 3. The molecule has 0 atom stereocenters. The Labute approximate surface area is 192 Å². The summed E-state index contributed by atoms with van der Waals surface area (Å²) in [6.07, 6.45) is 0. The van der Waals surface area contributed by atoms with Crippen molar-refractivity contribution in [2.75, 3.05) is 16.6 Å². The van der Waals surface area contributed by atoms with Gasteiger partial charge in [0.2, 0.25) is 0 Å². The molecular weight excluding hydrogens is 438 g/mol. The zero-order valence-corrected chi connectivity index (χ0v) is 19.4. The van der Waals surface area contributed by atoms with Gasteiger partial charge >= 0.3 is 0 Å². The van der Waals surface area contributed by atoms with Crippen LogP contribution in [0.4, 0.5) is 11.4 Å². The molecular formula is C25H25N3O4S. The number of nitrogens with one attached hydrogen (secondary N) is 3. The van der Waals surface area contributed by atoms with Crippen molar-refractivity contribution >= 4 is 38.2 Å². The smallest absolute Gasteiger partial charge is 0.262 e. The summed E-state index contributed by atoms with van der Waals surface area (Å²) in [5.74, 6) is 0.352. The third-order valence-corrected chi connectivity index (χ3v) is 6.80. The van der Waals surface area contributed by atoms with Crippen LogP contribution in [0.1, 0.15) is 28.5 Å². The quantitative estimate of drug-likeness (QED) is 0.349. The normalized spacial score (nSPS) is 11.4. The molecule has 8 heteroatoms. The first-order chi connectivity index (χ1) is 15.8. The molecule has 0 saturated carbocycles. The first-order valence-electron chi connectivity index (χ1n) is 10.5. The number of rotatable bonds is 7. The maximum absolute atomic E-state index is 13.1. The van der Waals surface area contributed by atoms with Gasteiger partial charge in [-0.25, -0.2) is 8.42 Å². The van der Waals surface area contributed by atoms with Crippen LogP contribution in [0.3, 0.4) is 0 Å². The van der Waals surface area contributed by atoms with Crippen LogP contribution in [-0.2, 0) is 10.0 Å². The predicted octanol–water partition coefficient (Wildman–Crippen LogP) is 5.24. The zero-order valence-electron chi connectivity index (χ0n) is 18.6. The van der Waals surface area contributed by atoms with E-state index in [1.165, 1.54) is 6.07 Å². The minimum Gasteiger partial charge on any atom is -0.494 e. The highest BCUT2D eigenvalue weighted by atomic mass is 32.2. The van der Waals surface area contributed by atoms with Crippen LogP contribution in [0.25, 0.3) is 10.9 Å². The average Bonchev–Trinajstić information content (AvgIpc) is 3.12. The molecule has 33 heavy (non-hydrogen) atoms. The van der Waals surface area contributed by atoms with Crippen molar-refractivity contribution in [3.8, 4) is 5.75 Å². The molecule has 1 aromatic heterocycles. The van der Waals surface area contributed by atoms with Gasteiger partial charge < -0.3 is 15.0 Å². The highest BCUT2D eigenvalue weighted by Gasteiger charge is 2.20. The first-order valence-corrected chi connectivity index (χ1v) is 12.0. The molecule has 0 unspecified atom stereocenters. The van der Waals surface area contributed by atoms with E-state index in [0.29, 0.717) is 34.9 Å². The maximum atomic E-state index is 13.1. The fourth-order valence-corrected chi connectivity index (χ4v) is 5.06. The van der Waals surface area contributed by atoms with Gasteiger partial charge in [-0.15, -0.1) is 0 Å². The van der Waals surface area contributed by atoms with E-state index in [9.17, 15) is 13.2 Å². The highest BCUT2D eigenvalue weighted by molar-refractivity contribution is 7.92. The van der Waals surface area contributed by atoms with Gasteiger partial charge in [-0.2, -0.15) is 0 Å². The molecule has 3 N–H and O–H groups in total. The van der Waals surface area contributed by atoms with Gasteiger partial charge in [0.05, 0.1) is 17.1 Å². The first kappa shape index (κ1) is 22.4. The number of amides is 1. The number of aryl methyl sites for hydroxylation is 2. The summed E-state index contributed by atoms with van der Waals surface area (Å²) >= 11 is 0. The highest BCUT2D eigenvalue weighted by Crippen LogP contribution is 2.26. The Balaban J connectivity index is 1.59. The number of aromatic nitrogens is 1. The standard InChI is InChI=1S/C25H25N3O4S/c1-4-32-20-13-11-18(12-14-20)28-33(30,31)23-15-19(10-9-16(23)2)27-25(29)24-17(3)26-22-8-6-5-7-21(22)24/h5-15,26,28H,4H2,1-3H3,(H,27,29). The number of carbonyl (C=O) groups is 1. The van der Waals surface area contributed by atoms with Crippen LogP contribution in [0.15, 0.2) is 71.6 Å². The van der Waals surface area contributed by atoms with Crippen molar-refractivity contribution in [3.05, 3.63) is 83.6 Å². The minimum absolute atomic E-state index is 0.0878. The Hall–Kier alpha value is -3.78. The third kappa shape index (κ3) is 4.70. The Morgan fingerprint density at radius 2 is 1.67 bits per heavy atom. The molecule has 4 aromatic rings. The van der Waals surface area contributed by atoms with Gasteiger partial charge in [0.25, 0.3) is 15.9 Å². The number of ether oxygens (including phenoxy) is 1. The summed E-state index contributed by atoms with van der Waals surface area (Å²) in [5, 5.41) is 3.64. The Morgan fingerprint density at radius 3 is 2.39 bits per heavy atom. The lowest BCUT2D eigenvalue weighted by atomic mass is 10.1. The van der Waals surface area contributed by atoms with Gasteiger partial charge in [0, 0.05) is 28.0 Å². The fraction of sp³-hybridized carbons (Fsp3) is 0.160. The van der Waals surface area contributed by atoms with Crippen LogP contribution in [0.5, 0.6) is 5.75 Å². The van der Waals surface area contributed by atoms with Crippen molar-refractivity contribution in [1.82, 2.24) is 4.98 Å².